The predicted octanol–water partition coefficient (Wildman–Crippen LogP) is 5.45. The van der Waals surface area contributed by atoms with Gasteiger partial charge in [0.05, 0.1) is 22.4 Å². The van der Waals surface area contributed by atoms with Crippen molar-refractivity contribution in [1.82, 2.24) is 10.2 Å². The minimum atomic E-state index is -1.08. The van der Waals surface area contributed by atoms with E-state index in [2.05, 4.69) is 15.4 Å². The summed E-state index contributed by atoms with van der Waals surface area (Å²) in [6.45, 7) is 2.55. The predicted molar refractivity (Wildman–Crippen MR) is 146 cm³/mol. The summed E-state index contributed by atoms with van der Waals surface area (Å²) in [5.74, 6) is -1.65. The van der Waals surface area contributed by atoms with Crippen molar-refractivity contribution in [2.24, 2.45) is 11.1 Å². The third kappa shape index (κ3) is 5.85. The van der Waals surface area contributed by atoms with E-state index in [1.54, 1.807) is 13.2 Å². The van der Waals surface area contributed by atoms with Crippen LogP contribution in [0.15, 0.2) is 52.8 Å². The maximum absolute atomic E-state index is 15.0. The molecular formula is C29H30ClFN4O4. The molecule has 3 aliphatic rings. The first kappa shape index (κ1) is 27.3. The normalized spacial score (nSPS) is 19.9. The molecule has 2 aromatic rings. The van der Waals surface area contributed by atoms with Gasteiger partial charge in [0.15, 0.2) is 0 Å². The highest BCUT2D eigenvalue weighted by Gasteiger charge is 2.34. The SMILES string of the molecule is COC1CN(CC2CCC(C(=N)c3ccc(C(=O)N=O)cc3F)=C(NC(=O)c3c(Cl)cccc3C3CC3)C2)C1. The molecule has 39 heavy (non-hydrogen) atoms. The number of allylic oxidation sites excluding steroid dienone is 2. The zero-order chi connectivity index (χ0) is 27.7. The maximum Gasteiger partial charge on any atom is 0.316 e. The molecule has 1 saturated heterocycles. The lowest BCUT2D eigenvalue weighted by atomic mass is 9.82. The van der Waals surface area contributed by atoms with Crippen molar-refractivity contribution < 1.29 is 18.7 Å². The van der Waals surface area contributed by atoms with E-state index in [0.717, 1.165) is 50.5 Å². The summed E-state index contributed by atoms with van der Waals surface area (Å²) in [5.41, 5.74) is 2.24. The summed E-state index contributed by atoms with van der Waals surface area (Å²) < 4.78 is 20.4. The number of carbonyl (C=O) groups is 2. The number of rotatable bonds is 9. The van der Waals surface area contributed by atoms with Gasteiger partial charge in [0, 0.05) is 48.7 Å². The van der Waals surface area contributed by atoms with Crippen LogP contribution in [0.3, 0.4) is 0 Å². The van der Waals surface area contributed by atoms with Crippen LogP contribution in [0, 0.1) is 22.1 Å². The number of nitrogens with one attached hydrogen (secondary N) is 2. The van der Waals surface area contributed by atoms with E-state index in [1.807, 2.05) is 12.1 Å². The van der Waals surface area contributed by atoms with Crippen LogP contribution in [-0.2, 0) is 4.74 Å². The Labute approximate surface area is 231 Å². The van der Waals surface area contributed by atoms with Crippen LogP contribution in [-0.4, -0.2) is 55.3 Å². The lowest BCUT2D eigenvalue weighted by Crippen LogP contribution is -2.53. The Morgan fingerprint density at radius 3 is 2.64 bits per heavy atom. The number of methoxy groups -OCH3 is 1. The zero-order valence-corrected chi connectivity index (χ0v) is 22.4. The molecule has 1 unspecified atom stereocenters. The van der Waals surface area contributed by atoms with Crippen molar-refractivity contribution in [2.75, 3.05) is 26.7 Å². The Bertz CT molecular complexity index is 1370. The second kappa shape index (κ2) is 11.5. The van der Waals surface area contributed by atoms with Crippen LogP contribution in [0.2, 0.25) is 5.02 Å². The average Bonchev–Trinajstić information content (AvgIpc) is 3.75. The van der Waals surface area contributed by atoms with Crippen molar-refractivity contribution in [3.8, 4) is 0 Å². The van der Waals surface area contributed by atoms with Crippen molar-refractivity contribution in [3.63, 3.8) is 0 Å². The Hall–Kier alpha value is -3.27. The fraction of sp³-hybridized carbons (Fsp3) is 0.414. The van der Waals surface area contributed by atoms with E-state index in [0.29, 0.717) is 40.6 Å². The maximum atomic E-state index is 15.0. The first-order chi connectivity index (χ1) is 18.8. The van der Waals surface area contributed by atoms with Crippen LogP contribution in [0.1, 0.15) is 69.9 Å². The summed E-state index contributed by atoms with van der Waals surface area (Å²) >= 11 is 6.49. The van der Waals surface area contributed by atoms with Gasteiger partial charge in [-0.2, -0.15) is 0 Å². The standard InChI is InChI=1S/C29H30ClFN4O4/c1-39-19-14-35(15-19)13-16-5-9-22(27(32)21-10-8-18(12-24(21)31)28(36)34-38)25(11-16)33-29(37)26-20(17-6-7-17)3-2-4-23(26)30/h2-4,8,10,12,16-17,19,32H,5-7,9,11,13-15H2,1H3,(H,33,37). The van der Waals surface area contributed by atoms with E-state index in [9.17, 15) is 18.9 Å². The molecule has 0 radical (unpaired) electrons. The molecule has 10 heteroatoms. The second-order valence-corrected chi connectivity index (χ2v) is 10.9. The van der Waals surface area contributed by atoms with Gasteiger partial charge in [0.1, 0.15) is 5.82 Å². The smallest absolute Gasteiger partial charge is 0.316 e. The minimum Gasteiger partial charge on any atom is -0.379 e. The van der Waals surface area contributed by atoms with Gasteiger partial charge < -0.3 is 10.1 Å². The van der Waals surface area contributed by atoms with Crippen LogP contribution in [0.4, 0.5) is 4.39 Å². The van der Waals surface area contributed by atoms with Gasteiger partial charge in [0.25, 0.3) is 5.91 Å². The highest BCUT2D eigenvalue weighted by atomic mass is 35.5. The first-order valence-corrected chi connectivity index (χ1v) is 13.5. The number of nitrogens with zero attached hydrogens (tertiary/aromatic N) is 2. The fourth-order valence-electron chi connectivity index (χ4n) is 5.54. The van der Waals surface area contributed by atoms with Gasteiger partial charge in [-0.25, -0.2) is 4.39 Å². The fourth-order valence-corrected chi connectivity index (χ4v) is 5.81. The van der Waals surface area contributed by atoms with E-state index >= 15 is 0 Å². The van der Waals surface area contributed by atoms with Crippen LogP contribution < -0.4 is 5.32 Å². The molecule has 1 saturated carbocycles. The highest BCUT2D eigenvalue weighted by Crippen LogP contribution is 2.43. The number of amides is 2. The summed E-state index contributed by atoms with van der Waals surface area (Å²) in [7, 11) is 1.71. The Morgan fingerprint density at radius 1 is 1.21 bits per heavy atom. The monoisotopic (exact) mass is 552 g/mol. The summed E-state index contributed by atoms with van der Waals surface area (Å²) in [6, 6.07) is 8.98. The quantitative estimate of drug-likeness (QED) is 0.317. The lowest BCUT2D eigenvalue weighted by molar-refractivity contribution is -0.0364. The third-order valence-electron chi connectivity index (χ3n) is 7.86. The summed E-state index contributed by atoms with van der Waals surface area (Å²) in [5, 5.41) is 14.6. The molecule has 2 aliphatic carbocycles. The topological polar surface area (TPSA) is 112 Å². The van der Waals surface area contributed by atoms with Crippen molar-refractivity contribution >= 4 is 29.1 Å². The molecule has 2 N–H and O–H groups in total. The minimum absolute atomic E-state index is 0.0141. The molecule has 204 valence electrons. The molecule has 2 aromatic carbocycles. The number of likely N-dealkylation sites (tertiary alicyclic amines) is 1. The Balaban J connectivity index is 1.44. The number of hydrogen-bond donors (Lipinski definition) is 2. The summed E-state index contributed by atoms with van der Waals surface area (Å²) in [4.78, 5) is 38.1. The first-order valence-electron chi connectivity index (χ1n) is 13.1. The van der Waals surface area contributed by atoms with E-state index < -0.39 is 11.7 Å². The second-order valence-electron chi connectivity index (χ2n) is 10.5. The van der Waals surface area contributed by atoms with Gasteiger partial charge in [0.2, 0.25) is 0 Å². The molecule has 8 nitrogen and oxygen atoms in total. The van der Waals surface area contributed by atoms with E-state index in [4.69, 9.17) is 21.7 Å². The molecule has 0 spiro atoms. The lowest BCUT2D eigenvalue weighted by Gasteiger charge is -2.41. The van der Waals surface area contributed by atoms with Gasteiger partial charge in [-0.05, 0) is 79.3 Å². The van der Waals surface area contributed by atoms with Crippen LogP contribution in [0.25, 0.3) is 0 Å². The largest absolute Gasteiger partial charge is 0.379 e. The molecule has 0 bridgehead atoms. The zero-order valence-electron chi connectivity index (χ0n) is 21.6. The number of halogens is 2. The van der Waals surface area contributed by atoms with Crippen molar-refractivity contribution in [2.45, 2.75) is 44.1 Å². The molecule has 2 fully saturated rings. The molecule has 2 amide bonds. The van der Waals surface area contributed by atoms with Crippen LogP contribution in [0.5, 0.6) is 0 Å². The van der Waals surface area contributed by atoms with Gasteiger partial charge >= 0.3 is 5.91 Å². The molecule has 1 heterocycles. The number of hydrogen-bond acceptors (Lipinski definition) is 6. The van der Waals surface area contributed by atoms with Crippen LogP contribution >= 0.6 is 11.6 Å². The molecular weight excluding hydrogens is 523 g/mol. The average molecular weight is 553 g/mol. The molecule has 1 aliphatic heterocycles. The molecule has 1 atom stereocenters. The van der Waals surface area contributed by atoms with E-state index in [1.165, 1.54) is 12.1 Å². The van der Waals surface area contributed by atoms with E-state index in [-0.39, 0.29) is 34.8 Å². The number of benzene rings is 2. The number of ether oxygens (including phenoxy) is 1. The number of nitroso groups, excluding NO2 is 1. The van der Waals surface area contributed by atoms with Gasteiger partial charge in [-0.15, -0.1) is 4.91 Å². The third-order valence-corrected chi connectivity index (χ3v) is 8.17. The van der Waals surface area contributed by atoms with Gasteiger partial charge in [-0.3, -0.25) is 19.9 Å². The summed E-state index contributed by atoms with van der Waals surface area (Å²) in [6.07, 6.45) is 4.04. The number of carbonyl (C=O) groups excluding carboxylic acids is 2. The Morgan fingerprint density at radius 2 is 1.97 bits per heavy atom. The highest BCUT2D eigenvalue weighted by molar-refractivity contribution is 6.34. The Kier molecular flexibility index (Phi) is 8.02. The van der Waals surface area contributed by atoms with Crippen molar-refractivity contribution in [1.29, 1.82) is 5.41 Å². The molecule has 5 rings (SSSR count). The molecule has 0 aromatic heterocycles. The van der Waals surface area contributed by atoms with Gasteiger partial charge in [-0.1, -0.05) is 23.7 Å². The van der Waals surface area contributed by atoms with Crippen molar-refractivity contribution in [3.05, 3.63) is 85.7 Å².